The van der Waals surface area contributed by atoms with Crippen molar-refractivity contribution in [3.8, 4) is 0 Å². The lowest BCUT2D eigenvalue weighted by atomic mass is 9.78. The summed E-state index contributed by atoms with van der Waals surface area (Å²) in [5, 5.41) is 7.96. The predicted octanol–water partition coefficient (Wildman–Crippen LogP) is 3.82. The van der Waals surface area contributed by atoms with Crippen molar-refractivity contribution >= 4 is 41.3 Å². The molecule has 1 aliphatic rings. The van der Waals surface area contributed by atoms with Crippen molar-refractivity contribution < 1.29 is 0 Å². The fourth-order valence-corrected chi connectivity index (χ4v) is 3.94. The van der Waals surface area contributed by atoms with Gasteiger partial charge < -0.3 is 10.6 Å². The van der Waals surface area contributed by atoms with Crippen LogP contribution in [0.1, 0.15) is 39.5 Å². The number of fused-ring (bicyclic) bond motifs is 1. The molecule has 0 amide bonds. The molecule has 0 saturated heterocycles. The number of halogens is 1. The molecule has 3 rings (SSSR count). The largest absolute Gasteiger partial charge is 0.357 e. The molecular weight excluding hydrogens is 443 g/mol. The summed E-state index contributed by atoms with van der Waals surface area (Å²) in [5.74, 6) is 1.48. The number of hydrogen-bond acceptors (Lipinski definition) is 3. The number of rotatable bonds is 6. The van der Waals surface area contributed by atoms with Gasteiger partial charge in [-0.15, -0.1) is 35.3 Å². The number of guanidine groups is 1. The Morgan fingerprint density at radius 1 is 1.28 bits per heavy atom. The minimum atomic E-state index is 0. The van der Waals surface area contributed by atoms with Crippen LogP contribution in [0.4, 0.5) is 0 Å². The quantitative estimate of drug-likeness (QED) is 0.384. The molecule has 0 aliphatic heterocycles. The summed E-state index contributed by atoms with van der Waals surface area (Å²) >= 11 is 1.79. The van der Waals surface area contributed by atoms with Gasteiger partial charge in [0.15, 0.2) is 5.96 Å². The van der Waals surface area contributed by atoms with Gasteiger partial charge in [0.1, 0.15) is 0 Å². The summed E-state index contributed by atoms with van der Waals surface area (Å²) in [6.07, 6.45) is 2.09. The summed E-state index contributed by atoms with van der Waals surface area (Å²) in [5.41, 5.74) is 4.09. The molecule has 6 heteroatoms. The number of hydrogen-bond donors (Lipinski definition) is 2. The summed E-state index contributed by atoms with van der Waals surface area (Å²) in [4.78, 5) is 10.7. The van der Waals surface area contributed by atoms with E-state index in [1.165, 1.54) is 21.0 Å². The third kappa shape index (κ3) is 5.17. The van der Waals surface area contributed by atoms with E-state index in [1.807, 2.05) is 0 Å². The van der Waals surface area contributed by atoms with E-state index in [0.717, 1.165) is 44.1 Å². The standard InChI is InChI=1S/C19H26N4S.HI/c1-4-20-19(21-10-9-18-23-13(2)14(3)24-18)22-12-16-11-15-7-5-6-8-17(15)16;/h5-8,16H,4,9-12H2,1-3H3,(H2,20,21,22);1H. The Morgan fingerprint density at radius 3 is 2.76 bits per heavy atom. The van der Waals surface area contributed by atoms with Crippen molar-refractivity contribution in [2.24, 2.45) is 4.99 Å². The lowest BCUT2D eigenvalue weighted by molar-refractivity contribution is 0.614. The van der Waals surface area contributed by atoms with Crippen LogP contribution in [0, 0.1) is 13.8 Å². The monoisotopic (exact) mass is 470 g/mol. The summed E-state index contributed by atoms with van der Waals surface area (Å²) in [6.45, 7) is 8.89. The van der Waals surface area contributed by atoms with Crippen LogP contribution in [-0.4, -0.2) is 30.6 Å². The fourth-order valence-electron chi connectivity index (χ4n) is 3.00. The van der Waals surface area contributed by atoms with Crippen LogP contribution in [-0.2, 0) is 12.8 Å². The lowest BCUT2D eigenvalue weighted by Gasteiger charge is -2.28. The molecule has 25 heavy (non-hydrogen) atoms. The van der Waals surface area contributed by atoms with E-state index in [2.05, 4.69) is 60.7 Å². The average molecular weight is 470 g/mol. The highest BCUT2D eigenvalue weighted by Gasteiger charge is 2.24. The van der Waals surface area contributed by atoms with E-state index in [4.69, 9.17) is 4.99 Å². The van der Waals surface area contributed by atoms with Crippen LogP contribution < -0.4 is 10.6 Å². The third-order valence-electron chi connectivity index (χ3n) is 4.48. The first-order chi connectivity index (χ1) is 11.7. The first-order valence-corrected chi connectivity index (χ1v) is 9.52. The molecule has 1 heterocycles. The fraction of sp³-hybridized carbons (Fsp3) is 0.474. The Labute approximate surface area is 171 Å². The van der Waals surface area contributed by atoms with Crippen LogP contribution in [0.2, 0.25) is 0 Å². The van der Waals surface area contributed by atoms with Gasteiger partial charge in [-0.05, 0) is 38.3 Å². The van der Waals surface area contributed by atoms with Gasteiger partial charge in [-0.2, -0.15) is 0 Å². The van der Waals surface area contributed by atoms with Gasteiger partial charge in [-0.3, -0.25) is 4.99 Å². The van der Waals surface area contributed by atoms with Crippen molar-refractivity contribution in [2.45, 2.75) is 39.5 Å². The first-order valence-electron chi connectivity index (χ1n) is 8.70. The summed E-state index contributed by atoms with van der Waals surface area (Å²) in [7, 11) is 0. The Morgan fingerprint density at radius 2 is 2.08 bits per heavy atom. The zero-order valence-electron chi connectivity index (χ0n) is 15.1. The van der Waals surface area contributed by atoms with E-state index in [0.29, 0.717) is 5.92 Å². The Balaban J connectivity index is 0.00000225. The molecule has 1 aliphatic carbocycles. The second-order valence-electron chi connectivity index (χ2n) is 6.25. The lowest BCUT2D eigenvalue weighted by Crippen LogP contribution is -2.39. The van der Waals surface area contributed by atoms with Crippen LogP contribution in [0.25, 0.3) is 0 Å². The molecule has 0 radical (unpaired) electrons. The van der Waals surface area contributed by atoms with Gasteiger partial charge >= 0.3 is 0 Å². The van der Waals surface area contributed by atoms with Crippen LogP contribution >= 0.6 is 35.3 Å². The normalized spacial score (nSPS) is 15.8. The van der Waals surface area contributed by atoms with Gasteiger partial charge in [0.05, 0.1) is 10.7 Å². The second kappa shape index (κ2) is 9.52. The van der Waals surface area contributed by atoms with E-state index >= 15 is 0 Å². The van der Waals surface area contributed by atoms with Gasteiger partial charge in [0.25, 0.3) is 0 Å². The van der Waals surface area contributed by atoms with Gasteiger partial charge in [0.2, 0.25) is 0 Å². The van der Waals surface area contributed by atoms with Crippen LogP contribution in [0.5, 0.6) is 0 Å². The number of aryl methyl sites for hydroxylation is 2. The highest BCUT2D eigenvalue weighted by Crippen LogP contribution is 2.34. The van der Waals surface area contributed by atoms with E-state index in [9.17, 15) is 0 Å². The Kier molecular flexibility index (Phi) is 7.68. The summed E-state index contributed by atoms with van der Waals surface area (Å²) < 4.78 is 0. The molecule has 1 atom stereocenters. The molecule has 4 nitrogen and oxygen atoms in total. The van der Waals surface area contributed by atoms with Crippen molar-refractivity contribution in [1.82, 2.24) is 15.6 Å². The van der Waals surface area contributed by atoms with Gasteiger partial charge in [0, 0.05) is 36.9 Å². The van der Waals surface area contributed by atoms with Crippen molar-refractivity contribution in [3.05, 3.63) is 51.0 Å². The Hall–Kier alpha value is -1.15. The van der Waals surface area contributed by atoms with Crippen molar-refractivity contribution in [1.29, 1.82) is 0 Å². The summed E-state index contributed by atoms with van der Waals surface area (Å²) in [6, 6.07) is 8.69. The van der Waals surface area contributed by atoms with Crippen molar-refractivity contribution in [3.63, 3.8) is 0 Å². The minimum Gasteiger partial charge on any atom is -0.357 e. The molecule has 1 unspecified atom stereocenters. The molecule has 0 saturated carbocycles. The SMILES string of the molecule is CCNC(=NCC1Cc2ccccc21)NCCc1nc(C)c(C)s1.I. The molecule has 136 valence electrons. The molecule has 0 bridgehead atoms. The number of benzene rings is 1. The molecular formula is C19H27IN4S. The third-order valence-corrected chi connectivity index (χ3v) is 5.61. The number of aliphatic imine (C=N–C) groups is 1. The Bertz CT molecular complexity index is 706. The highest BCUT2D eigenvalue weighted by molar-refractivity contribution is 14.0. The van der Waals surface area contributed by atoms with Crippen molar-refractivity contribution in [2.75, 3.05) is 19.6 Å². The number of nitrogens with zero attached hydrogens (tertiary/aromatic N) is 2. The van der Waals surface area contributed by atoms with Gasteiger partial charge in [-0.25, -0.2) is 4.98 Å². The predicted molar refractivity (Wildman–Crippen MR) is 118 cm³/mol. The zero-order chi connectivity index (χ0) is 16.9. The average Bonchev–Trinajstić information content (AvgIpc) is 2.86. The number of aromatic nitrogens is 1. The number of nitrogens with one attached hydrogen (secondary N) is 2. The van der Waals surface area contributed by atoms with E-state index < -0.39 is 0 Å². The van der Waals surface area contributed by atoms with E-state index in [1.54, 1.807) is 11.3 Å². The first kappa shape index (κ1) is 20.2. The zero-order valence-corrected chi connectivity index (χ0v) is 18.3. The maximum absolute atomic E-state index is 4.77. The second-order valence-corrected chi connectivity index (χ2v) is 7.53. The molecule has 0 spiro atoms. The van der Waals surface area contributed by atoms with Crippen LogP contribution in [0.15, 0.2) is 29.3 Å². The topological polar surface area (TPSA) is 49.3 Å². The molecule has 2 aromatic rings. The minimum absolute atomic E-state index is 0. The molecule has 1 aromatic carbocycles. The molecule has 1 aromatic heterocycles. The maximum atomic E-state index is 4.77. The highest BCUT2D eigenvalue weighted by atomic mass is 127. The number of thiazole rings is 1. The van der Waals surface area contributed by atoms with Crippen LogP contribution in [0.3, 0.4) is 0 Å². The van der Waals surface area contributed by atoms with E-state index in [-0.39, 0.29) is 24.0 Å². The maximum Gasteiger partial charge on any atom is 0.191 e. The smallest absolute Gasteiger partial charge is 0.191 e. The molecule has 2 N–H and O–H groups in total. The molecule has 0 fully saturated rings. The van der Waals surface area contributed by atoms with Gasteiger partial charge in [-0.1, -0.05) is 24.3 Å².